The molecule has 1 heterocycles. The summed E-state index contributed by atoms with van der Waals surface area (Å²) < 4.78 is 0. The summed E-state index contributed by atoms with van der Waals surface area (Å²) in [6.07, 6.45) is 4.15. The van der Waals surface area contributed by atoms with E-state index in [9.17, 15) is 0 Å². The van der Waals surface area contributed by atoms with E-state index in [4.69, 9.17) is 0 Å². The first-order valence-electron chi connectivity index (χ1n) is 5.05. The number of nitrogens with zero attached hydrogens (tertiary/aromatic N) is 1. The predicted molar refractivity (Wildman–Crippen MR) is 55.0 cm³/mol. The quantitative estimate of drug-likeness (QED) is 0.703. The first-order chi connectivity index (χ1) is 6.45. The lowest BCUT2D eigenvalue weighted by molar-refractivity contribution is 0.395. The molecule has 0 spiro atoms. The lowest BCUT2D eigenvalue weighted by Gasteiger charge is -2.35. The van der Waals surface area contributed by atoms with E-state index in [2.05, 4.69) is 34.5 Å². The predicted octanol–water partition coefficient (Wildman–Crippen LogP) is 2.43. The van der Waals surface area contributed by atoms with Crippen LogP contribution in [0.25, 0.3) is 0 Å². The van der Waals surface area contributed by atoms with Crippen molar-refractivity contribution in [2.45, 2.75) is 25.3 Å². The molecule has 1 N–H and O–H groups in total. The fraction of sp³-hybridized carbons (Fsp3) is 0.455. The summed E-state index contributed by atoms with van der Waals surface area (Å²) in [5.74, 6) is 0. The minimum Gasteiger partial charge on any atom is -0.366 e. The zero-order valence-corrected chi connectivity index (χ0v) is 7.66. The summed E-state index contributed by atoms with van der Waals surface area (Å²) in [5.41, 5.74) is 2.70. The summed E-state index contributed by atoms with van der Waals surface area (Å²) in [7, 11) is 0. The largest absolute Gasteiger partial charge is 0.366 e. The van der Waals surface area contributed by atoms with Gasteiger partial charge in [-0.15, -0.1) is 0 Å². The minimum atomic E-state index is 0.802. The standard InChI is InChI=1S/C11H14N2/c1-2-7-11-10(6-1)12-8-13(11)9-4-3-5-9/h1-2,6-7,9,12H,3-5,8H2. The van der Waals surface area contributed by atoms with E-state index < -0.39 is 0 Å². The Labute approximate surface area is 78.6 Å². The van der Waals surface area contributed by atoms with Crippen LogP contribution >= 0.6 is 0 Å². The van der Waals surface area contributed by atoms with Gasteiger partial charge in [0, 0.05) is 6.04 Å². The van der Waals surface area contributed by atoms with Crippen molar-refractivity contribution >= 4 is 11.4 Å². The molecule has 1 aromatic rings. The maximum absolute atomic E-state index is 3.43. The zero-order chi connectivity index (χ0) is 8.67. The van der Waals surface area contributed by atoms with Gasteiger partial charge in [0.25, 0.3) is 0 Å². The maximum Gasteiger partial charge on any atom is 0.0880 e. The van der Waals surface area contributed by atoms with Crippen molar-refractivity contribution in [3.8, 4) is 0 Å². The lowest BCUT2D eigenvalue weighted by Crippen LogP contribution is -2.39. The first-order valence-corrected chi connectivity index (χ1v) is 5.05. The van der Waals surface area contributed by atoms with Crippen LogP contribution in [-0.2, 0) is 0 Å². The molecule has 1 fully saturated rings. The van der Waals surface area contributed by atoms with Gasteiger partial charge in [-0.2, -0.15) is 0 Å². The maximum atomic E-state index is 3.43. The second kappa shape index (κ2) is 2.66. The van der Waals surface area contributed by atoms with Gasteiger partial charge in [0.2, 0.25) is 0 Å². The Hall–Kier alpha value is -1.18. The molecule has 2 aliphatic rings. The summed E-state index contributed by atoms with van der Waals surface area (Å²) in [5, 5.41) is 3.43. The average Bonchev–Trinajstić information content (AvgIpc) is 2.47. The van der Waals surface area contributed by atoms with Crippen LogP contribution in [0.15, 0.2) is 24.3 Å². The van der Waals surface area contributed by atoms with Gasteiger partial charge in [-0.3, -0.25) is 0 Å². The van der Waals surface area contributed by atoms with Gasteiger partial charge in [0.1, 0.15) is 0 Å². The van der Waals surface area contributed by atoms with Crippen LogP contribution in [0.2, 0.25) is 0 Å². The summed E-state index contributed by atoms with van der Waals surface area (Å²) in [4.78, 5) is 2.50. The molecule has 1 aliphatic heterocycles. The van der Waals surface area contributed by atoms with E-state index in [0.29, 0.717) is 0 Å². The number of hydrogen-bond acceptors (Lipinski definition) is 2. The molecule has 0 atom stereocenters. The topological polar surface area (TPSA) is 15.3 Å². The second-order valence-corrected chi connectivity index (χ2v) is 3.91. The van der Waals surface area contributed by atoms with Crippen molar-refractivity contribution in [2.75, 3.05) is 16.9 Å². The smallest absolute Gasteiger partial charge is 0.0880 e. The molecule has 3 rings (SSSR count). The minimum absolute atomic E-state index is 0.802. The highest BCUT2D eigenvalue weighted by atomic mass is 15.3. The van der Waals surface area contributed by atoms with E-state index in [1.807, 2.05) is 0 Å². The normalized spacial score (nSPS) is 20.8. The van der Waals surface area contributed by atoms with Crippen LogP contribution in [0.5, 0.6) is 0 Å². The summed E-state index contributed by atoms with van der Waals surface area (Å²) >= 11 is 0. The number of rotatable bonds is 1. The van der Waals surface area contributed by atoms with Gasteiger partial charge >= 0.3 is 0 Å². The van der Waals surface area contributed by atoms with Crippen LogP contribution in [-0.4, -0.2) is 12.7 Å². The molecule has 0 bridgehead atoms. The second-order valence-electron chi connectivity index (χ2n) is 3.91. The monoisotopic (exact) mass is 174 g/mol. The van der Waals surface area contributed by atoms with Crippen LogP contribution < -0.4 is 10.2 Å². The third-order valence-corrected chi connectivity index (χ3v) is 3.17. The number of para-hydroxylation sites is 2. The molecule has 2 nitrogen and oxygen atoms in total. The number of anilines is 2. The van der Waals surface area contributed by atoms with Gasteiger partial charge in [0.15, 0.2) is 0 Å². The molecule has 1 aromatic carbocycles. The van der Waals surface area contributed by atoms with Gasteiger partial charge in [-0.25, -0.2) is 0 Å². The Morgan fingerprint density at radius 3 is 2.85 bits per heavy atom. The van der Waals surface area contributed by atoms with E-state index in [1.54, 1.807) is 0 Å². The SMILES string of the molecule is c1ccc2c(c1)NCN2C1CCC1. The van der Waals surface area contributed by atoms with Crippen LogP contribution in [0, 0.1) is 0 Å². The molecule has 0 radical (unpaired) electrons. The Balaban J connectivity index is 1.93. The summed E-state index contributed by atoms with van der Waals surface area (Å²) in [6.45, 7) is 1.00. The van der Waals surface area contributed by atoms with E-state index in [-0.39, 0.29) is 0 Å². The van der Waals surface area contributed by atoms with E-state index in [1.165, 1.54) is 30.6 Å². The number of fused-ring (bicyclic) bond motifs is 1. The Bertz CT molecular complexity index is 318. The molecular weight excluding hydrogens is 160 g/mol. The molecule has 2 heteroatoms. The third-order valence-electron chi connectivity index (χ3n) is 3.17. The van der Waals surface area contributed by atoms with Gasteiger partial charge in [0.05, 0.1) is 18.0 Å². The van der Waals surface area contributed by atoms with Crippen molar-refractivity contribution in [2.24, 2.45) is 0 Å². The fourth-order valence-corrected chi connectivity index (χ4v) is 2.15. The lowest BCUT2D eigenvalue weighted by atomic mass is 9.91. The molecule has 68 valence electrons. The van der Waals surface area contributed by atoms with E-state index in [0.717, 1.165) is 12.7 Å². The van der Waals surface area contributed by atoms with Crippen LogP contribution in [0.4, 0.5) is 11.4 Å². The average molecular weight is 174 g/mol. The highest BCUT2D eigenvalue weighted by molar-refractivity contribution is 5.75. The molecule has 0 unspecified atom stereocenters. The number of benzene rings is 1. The zero-order valence-electron chi connectivity index (χ0n) is 7.66. The van der Waals surface area contributed by atoms with Crippen molar-refractivity contribution in [3.63, 3.8) is 0 Å². The van der Waals surface area contributed by atoms with Crippen molar-refractivity contribution in [1.82, 2.24) is 0 Å². The fourth-order valence-electron chi connectivity index (χ4n) is 2.15. The Kier molecular flexibility index (Phi) is 1.48. The molecule has 0 amide bonds. The third kappa shape index (κ3) is 1.01. The first kappa shape index (κ1) is 7.25. The van der Waals surface area contributed by atoms with E-state index >= 15 is 0 Å². The van der Waals surface area contributed by atoms with Crippen molar-refractivity contribution in [3.05, 3.63) is 24.3 Å². The van der Waals surface area contributed by atoms with Gasteiger partial charge in [-0.05, 0) is 31.4 Å². The molecule has 1 aliphatic carbocycles. The van der Waals surface area contributed by atoms with Gasteiger partial charge < -0.3 is 10.2 Å². The highest BCUT2D eigenvalue weighted by Gasteiger charge is 2.29. The van der Waals surface area contributed by atoms with Crippen LogP contribution in [0.3, 0.4) is 0 Å². The van der Waals surface area contributed by atoms with Crippen molar-refractivity contribution in [1.29, 1.82) is 0 Å². The number of nitrogens with one attached hydrogen (secondary N) is 1. The molecule has 0 aromatic heterocycles. The van der Waals surface area contributed by atoms with Gasteiger partial charge in [-0.1, -0.05) is 12.1 Å². The Morgan fingerprint density at radius 2 is 2.08 bits per heavy atom. The van der Waals surface area contributed by atoms with Crippen molar-refractivity contribution < 1.29 is 0 Å². The summed E-state index contributed by atoms with van der Waals surface area (Å²) in [6, 6.07) is 9.39. The molecular formula is C11H14N2. The molecule has 1 saturated carbocycles. The molecule has 0 saturated heterocycles. The highest BCUT2D eigenvalue weighted by Crippen LogP contribution is 2.37. The molecule has 13 heavy (non-hydrogen) atoms. The Morgan fingerprint density at radius 1 is 1.23 bits per heavy atom. The van der Waals surface area contributed by atoms with Crippen LogP contribution in [0.1, 0.15) is 19.3 Å². The number of hydrogen-bond donors (Lipinski definition) is 1.